The minimum absolute atomic E-state index is 0.00999. The van der Waals surface area contributed by atoms with E-state index in [1.165, 1.54) is 6.92 Å². The number of carbonyl (C=O) groups is 1. The third kappa shape index (κ3) is 5.40. The topological polar surface area (TPSA) is 70.0 Å². The fraction of sp³-hybridized carbons (Fsp3) is 0.588. The van der Waals surface area contributed by atoms with E-state index in [1.54, 1.807) is 6.07 Å². The average molecular weight is 309 g/mol. The van der Waals surface area contributed by atoms with E-state index in [4.69, 9.17) is 9.84 Å². The summed E-state index contributed by atoms with van der Waals surface area (Å²) in [5.41, 5.74) is 1.55. The molecule has 5 nitrogen and oxygen atoms in total. The summed E-state index contributed by atoms with van der Waals surface area (Å²) in [4.78, 5) is 13.6. The Kier molecular flexibility index (Phi) is 7.51. The number of ether oxygens (including phenoxy) is 1. The molecule has 1 atom stereocenters. The molecule has 0 saturated carbocycles. The second-order valence-corrected chi connectivity index (χ2v) is 5.67. The third-order valence-electron chi connectivity index (χ3n) is 3.53. The summed E-state index contributed by atoms with van der Waals surface area (Å²) in [7, 11) is 0. The third-order valence-corrected chi connectivity index (χ3v) is 3.53. The number of ketones is 1. The minimum atomic E-state index is -0.783. The zero-order chi connectivity index (χ0) is 16.7. The number of Topliss-reactive ketones (excluding diaryl/α,β-unsaturated/α-hetero) is 1. The maximum Gasteiger partial charge on any atom is 0.159 e. The highest BCUT2D eigenvalue weighted by Gasteiger charge is 2.17. The first-order valence-electron chi connectivity index (χ1n) is 7.68. The number of hydrogen-bond acceptors (Lipinski definition) is 5. The quantitative estimate of drug-likeness (QED) is 0.681. The smallest absolute Gasteiger partial charge is 0.159 e. The monoisotopic (exact) mass is 309 g/mol. The van der Waals surface area contributed by atoms with Crippen LogP contribution < -0.4 is 4.74 Å². The zero-order valence-corrected chi connectivity index (χ0v) is 13.9. The van der Waals surface area contributed by atoms with Gasteiger partial charge in [0, 0.05) is 30.3 Å². The molecule has 1 rings (SSSR count). The lowest BCUT2D eigenvalue weighted by molar-refractivity contribution is 0.0461. The van der Waals surface area contributed by atoms with Crippen LogP contribution in [0.1, 0.15) is 43.6 Å². The molecular formula is C17H27NO4. The molecule has 0 fully saturated rings. The van der Waals surface area contributed by atoms with E-state index in [1.807, 2.05) is 37.8 Å². The lowest BCUT2D eigenvalue weighted by Crippen LogP contribution is -2.38. The highest BCUT2D eigenvalue weighted by atomic mass is 16.5. The Balaban J connectivity index is 3.04. The predicted octanol–water partition coefficient (Wildman–Crippen LogP) is 1.85. The van der Waals surface area contributed by atoms with Crippen molar-refractivity contribution in [3.05, 3.63) is 29.3 Å². The van der Waals surface area contributed by atoms with Gasteiger partial charge in [-0.25, -0.2) is 0 Å². The van der Waals surface area contributed by atoms with Crippen LogP contribution in [0.3, 0.4) is 0 Å². The normalized spacial score (nSPS) is 12.7. The molecule has 0 aliphatic heterocycles. The van der Waals surface area contributed by atoms with Crippen molar-refractivity contribution in [2.75, 3.05) is 19.8 Å². The predicted molar refractivity (Wildman–Crippen MR) is 86.3 cm³/mol. The van der Waals surface area contributed by atoms with Gasteiger partial charge in [-0.1, -0.05) is 0 Å². The van der Waals surface area contributed by atoms with Gasteiger partial charge < -0.3 is 14.9 Å². The Morgan fingerprint density at radius 2 is 2.05 bits per heavy atom. The summed E-state index contributed by atoms with van der Waals surface area (Å²) in [6, 6.07) is 5.61. The SMILES string of the molecule is CCOc1ccc(C(C)=O)cc1CN(C[C@H](O)CO)C(C)C. The van der Waals surface area contributed by atoms with Crippen LogP contribution in [0.2, 0.25) is 0 Å². The highest BCUT2D eigenvalue weighted by molar-refractivity contribution is 5.94. The standard InChI is InChI=1S/C17H27NO4/c1-5-22-17-7-6-14(13(4)20)8-15(17)9-18(12(2)3)10-16(21)11-19/h6-8,12,16,19,21H,5,9-11H2,1-4H3/t16-/m0/s1. The van der Waals surface area contributed by atoms with Gasteiger partial charge in [-0.2, -0.15) is 0 Å². The van der Waals surface area contributed by atoms with Gasteiger partial charge in [0.2, 0.25) is 0 Å². The van der Waals surface area contributed by atoms with Crippen LogP contribution in [-0.4, -0.2) is 52.8 Å². The number of aliphatic hydroxyl groups is 2. The van der Waals surface area contributed by atoms with Crippen molar-refractivity contribution in [1.82, 2.24) is 4.90 Å². The number of aliphatic hydroxyl groups excluding tert-OH is 2. The minimum Gasteiger partial charge on any atom is -0.494 e. The van der Waals surface area contributed by atoms with E-state index in [-0.39, 0.29) is 18.4 Å². The summed E-state index contributed by atoms with van der Waals surface area (Å²) in [6.45, 7) is 8.70. The number of carbonyl (C=O) groups excluding carboxylic acids is 1. The molecule has 0 bridgehead atoms. The number of rotatable bonds is 9. The molecule has 124 valence electrons. The molecule has 0 aromatic heterocycles. The fourth-order valence-electron chi connectivity index (χ4n) is 2.22. The van der Waals surface area contributed by atoms with Gasteiger partial charge in [-0.05, 0) is 45.9 Å². The van der Waals surface area contributed by atoms with Crippen LogP contribution in [-0.2, 0) is 6.54 Å². The molecule has 0 unspecified atom stereocenters. The lowest BCUT2D eigenvalue weighted by Gasteiger charge is -2.29. The summed E-state index contributed by atoms with van der Waals surface area (Å²) in [6.07, 6.45) is -0.783. The molecule has 1 aromatic carbocycles. The molecule has 0 amide bonds. The van der Waals surface area contributed by atoms with Crippen LogP contribution in [0.5, 0.6) is 5.75 Å². The van der Waals surface area contributed by atoms with Gasteiger partial charge >= 0.3 is 0 Å². The zero-order valence-electron chi connectivity index (χ0n) is 13.9. The van der Waals surface area contributed by atoms with Crippen LogP contribution >= 0.6 is 0 Å². The van der Waals surface area contributed by atoms with Crippen molar-refractivity contribution in [1.29, 1.82) is 0 Å². The first-order chi connectivity index (χ1) is 10.4. The molecule has 0 radical (unpaired) electrons. The molecule has 0 spiro atoms. The summed E-state index contributed by atoms with van der Waals surface area (Å²) in [5.74, 6) is 0.757. The summed E-state index contributed by atoms with van der Waals surface area (Å²) in [5, 5.41) is 18.7. The maximum atomic E-state index is 11.6. The first kappa shape index (κ1) is 18.6. The summed E-state index contributed by atoms with van der Waals surface area (Å²) >= 11 is 0. The molecule has 0 heterocycles. The van der Waals surface area contributed by atoms with Crippen LogP contribution in [0.4, 0.5) is 0 Å². The second-order valence-electron chi connectivity index (χ2n) is 5.67. The van der Waals surface area contributed by atoms with Gasteiger partial charge in [0.05, 0.1) is 19.3 Å². The van der Waals surface area contributed by atoms with Gasteiger partial charge in [0.1, 0.15) is 5.75 Å². The second kappa shape index (κ2) is 8.88. The number of hydrogen-bond donors (Lipinski definition) is 2. The van der Waals surface area contributed by atoms with Crippen molar-refractivity contribution in [3.63, 3.8) is 0 Å². The van der Waals surface area contributed by atoms with E-state index in [9.17, 15) is 9.90 Å². The Morgan fingerprint density at radius 1 is 1.36 bits per heavy atom. The van der Waals surface area contributed by atoms with Crippen molar-refractivity contribution in [2.45, 2.75) is 46.4 Å². The molecule has 5 heteroatoms. The Labute approximate surface area is 132 Å². The van der Waals surface area contributed by atoms with Crippen LogP contribution in [0, 0.1) is 0 Å². The van der Waals surface area contributed by atoms with Crippen LogP contribution in [0.25, 0.3) is 0 Å². The number of benzene rings is 1. The van der Waals surface area contributed by atoms with E-state index >= 15 is 0 Å². The van der Waals surface area contributed by atoms with Crippen LogP contribution in [0.15, 0.2) is 18.2 Å². The average Bonchev–Trinajstić information content (AvgIpc) is 2.47. The summed E-state index contributed by atoms with van der Waals surface area (Å²) < 4.78 is 5.63. The van der Waals surface area contributed by atoms with Gasteiger partial charge in [0.25, 0.3) is 0 Å². The molecule has 0 aliphatic rings. The van der Waals surface area contributed by atoms with E-state index in [0.717, 1.165) is 11.3 Å². The lowest BCUT2D eigenvalue weighted by atomic mass is 10.1. The van der Waals surface area contributed by atoms with Crippen molar-refractivity contribution in [3.8, 4) is 5.75 Å². The van der Waals surface area contributed by atoms with E-state index in [0.29, 0.717) is 25.3 Å². The molecule has 0 saturated heterocycles. The Bertz CT molecular complexity index is 488. The Hall–Kier alpha value is -1.43. The maximum absolute atomic E-state index is 11.6. The van der Waals surface area contributed by atoms with Gasteiger partial charge in [-0.15, -0.1) is 0 Å². The highest BCUT2D eigenvalue weighted by Crippen LogP contribution is 2.23. The van der Waals surface area contributed by atoms with E-state index < -0.39 is 6.10 Å². The van der Waals surface area contributed by atoms with E-state index in [2.05, 4.69) is 0 Å². The molecule has 2 N–H and O–H groups in total. The van der Waals surface area contributed by atoms with Crippen molar-refractivity contribution in [2.24, 2.45) is 0 Å². The molecule has 22 heavy (non-hydrogen) atoms. The molecule has 0 aliphatic carbocycles. The van der Waals surface area contributed by atoms with Gasteiger partial charge in [-0.3, -0.25) is 9.69 Å². The largest absolute Gasteiger partial charge is 0.494 e. The van der Waals surface area contributed by atoms with Crippen molar-refractivity contribution >= 4 is 5.78 Å². The molecule has 1 aromatic rings. The fourth-order valence-corrected chi connectivity index (χ4v) is 2.22. The van der Waals surface area contributed by atoms with Crippen molar-refractivity contribution < 1.29 is 19.7 Å². The Morgan fingerprint density at radius 3 is 2.55 bits per heavy atom. The molecular weight excluding hydrogens is 282 g/mol. The first-order valence-corrected chi connectivity index (χ1v) is 7.68. The number of nitrogens with zero attached hydrogens (tertiary/aromatic N) is 1. The van der Waals surface area contributed by atoms with Gasteiger partial charge in [0.15, 0.2) is 5.78 Å².